The van der Waals surface area contributed by atoms with Gasteiger partial charge in [0.2, 0.25) is 11.7 Å². The topological polar surface area (TPSA) is 156 Å². The second-order valence-corrected chi connectivity index (χ2v) is 10.4. The monoisotopic (exact) mass is 506 g/mol. The van der Waals surface area contributed by atoms with Crippen molar-refractivity contribution in [2.24, 2.45) is 5.41 Å². The van der Waals surface area contributed by atoms with E-state index in [4.69, 9.17) is 4.74 Å². The summed E-state index contributed by atoms with van der Waals surface area (Å²) < 4.78 is 5.36. The molecule has 0 saturated heterocycles. The lowest BCUT2D eigenvalue weighted by atomic mass is 9.95. The molecule has 1 heterocycles. The number of anilines is 1. The van der Waals surface area contributed by atoms with Gasteiger partial charge in [0.15, 0.2) is 5.82 Å². The smallest absolute Gasteiger partial charge is 0.408 e. The highest BCUT2D eigenvalue weighted by Gasteiger charge is 2.25. The molecule has 0 aliphatic rings. The number of carboxylic acids is 1. The van der Waals surface area contributed by atoms with E-state index in [-0.39, 0.29) is 23.1 Å². The van der Waals surface area contributed by atoms with Crippen LogP contribution in [0.5, 0.6) is 0 Å². The zero-order valence-corrected chi connectivity index (χ0v) is 21.6. The van der Waals surface area contributed by atoms with Gasteiger partial charge in [-0.15, -0.1) is 20.4 Å². The molecule has 3 aromatic rings. The molecule has 1 aromatic heterocycles. The molecular formula is C26H30N6O5. The summed E-state index contributed by atoms with van der Waals surface area (Å²) >= 11 is 0. The lowest BCUT2D eigenvalue weighted by Crippen LogP contribution is -2.36. The van der Waals surface area contributed by atoms with Crippen LogP contribution in [0.25, 0.3) is 11.4 Å². The molecule has 0 aliphatic carbocycles. The van der Waals surface area contributed by atoms with E-state index in [9.17, 15) is 19.5 Å². The fourth-order valence-electron chi connectivity index (χ4n) is 3.03. The fraction of sp³-hybridized carbons (Fsp3) is 0.346. The van der Waals surface area contributed by atoms with Gasteiger partial charge in [0, 0.05) is 16.7 Å². The number of alkyl carbamates (subject to hydrolysis) is 1. The normalized spacial score (nSPS) is 12.4. The summed E-state index contributed by atoms with van der Waals surface area (Å²) in [4.78, 5) is 35.9. The molecule has 11 nitrogen and oxygen atoms in total. The first-order valence-corrected chi connectivity index (χ1v) is 11.5. The Kier molecular flexibility index (Phi) is 7.85. The van der Waals surface area contributed by atoms with Crippen molar-refractivity contribution in [2.45, 2.75) is 53.2 Å². The molecule has 0 spiro atoms. The molecule has 0 saturated carbocycles. The molecule has 2 aromatic carbocycles. The summed E-state index contributed by atoms with van der Waals surface area (Å²) in [6.07, 6.45) is -0.708. The molecule has 0 bridgehead atoms. The van der Waals surface area contributed by atoms with Crippen molar-refractivity contribution in [1.82, 2.24) is 25.7 Å². The van der Waals surface area contributed by atoms with Crippen LogP contribution in [0.1, 0.15) is 69.3 Å². The van der Waals surface area contributed by atoms with Gasteiger partial charge in [0.1, 0.15) is 11.6 Å². The van der Waals surface area contributed by atoms with E-state index in [1.54, 1.807) is 57.2 Å². The first-order valence-electron chi connectivity index (χ1n) is 11.5. The number of nitrogens with zero attached hydrogens (tertiary/aromatic N) is 4. The number of carboxylic acid groups (broad SMARTS) is 1. The van der Waals surface area contributed by atoms with Crippen LogP contribution < -0.4 is 10.6 Å². The van der Waals surface area contributed by atoms with E-state index >= 15 is 0 Å². The molecule has 0 fully saturated rings. The maximum Gasteiger partial charge on any atom is 0.408 e. The van der Waals surface area contributed by atoms with Crippen LogP contribution >= 0.6 is 0 Å². The lowest BCUT2D eigenvalue weighted by molar-refractivity contribution is -0.123. The Bertz CT molecular complexity index is 1260. The van der Waals surface area contributed by atoms with Gasteiger partial charge >= 0.3 is 12.1 Å². The van der Waals surface area contributed by atoms with Crippen molar-refractivity contribution in [3.8, 4) is 11.4 Å². The number of nitrogens with one attached hydrogen (secondary N) is 2. The van der Waals surface area contributed by atoms with Crippen LogP contribution in [0.4, 0.5) is 10.5 Å². The minimum absolute atomic E-state index is 0.0896. The highest BCUT2D eigenvalue weighted by atomic mass is 16.6. The SMILES string of the molecule is CC(C)(C)OC(=O)NC(c1ccc(C(=O)O)cc1)c1nnc(-c2ccc(NC(=O)C(C)(C)C)cc2)nn1. The van der Waals surface area contributed by atoms with Crippen molar-refractivity contribution < 1.29 is 24.2 Å². The highest BCUT2D eigenvalue weighted by Crippen LogP contribution is 2.23. The van der Waals surface area contributed by atoms with Crippen molar-refractivity contribution in [1.29, 1.82) is 0 Å². The Balaban J connectivity index is 1.84. The number of carbonyl (C=O) groups excluding carboxylic acids is 2. The van der Waals surface area contributed by atoms with E-state index in [1.165, 1.54) is 12.1 Å². The Morgan fingerprint density at radius 3 is 1.89 bits per heavy atom. The largest absolute Gasteiger partial charge is 0.478 e. The van der Waals surface area contributed by atoms with Crippen molar-refractivity contribution in [3.63, 3.8) is 0 Å². The Labute approximate surface area is 214 Å². The second kappa shape index (κ2) is 10.7. The van der Waals surface area contributed by atoms with E-state index < -0.39 is 29.1 Å². The molecular weight excluding hydrogens is 476 g/mol. The van der Waals surface area contributed by atoms with Gasteiger partial charge < -0.3 is 20.5 Å². The molecule has 1 atom stereocenters. The standard InChI is InChI=1S/C26H30N6O5/c1-25(2,3)23(35)27-18-13-11-16(12-14-18)20-29-31-21(32-30-20)19(28-24(36)37-26(4,5)6)15-7-9-17(10-8-15)22(33)34/h7-14,19H,1-6H3,(H,27,35)(H,28,36)(H,33,34). The second-order valence-electron chi connectivity index (χ2n) is 10.4. The van der Waals surface area contributed by atoms with Gasteiger partial charge in [-0.25, -0.2) is 9.59 Å². The van der Waals surface area contributed by atoms with Crippen LogP contribution in [0.3, 0.4) is 0 Å². The maximum atomic E-state index is 12.5. The summed E-state index contributed by atoms with van der Waals surface area (Å²) in [6.45, 7) is 10.7. The Morgan fingerprint density at radius 1 is 0.838 bits per heavy atom. The molecule has 11 heteroatoms. The first-order chi connectivity index (χ1) is 17.2. The predicted molar refractivity (Wildman–Crippen MR) is 136 cm³/mol. The van der Waals surface area contributed by atoms with E-state index in [2.05, 4.69) is 31.0 Å². The zero-order valence-electron chi connectivity index (χ0n) is 21.6. The average molecular weight is 507 g/mol. The third kappa shape index (κ3) is 7.53. The van der Waals surface area contributed by atoms with Gasteiger partial charge in [-0.1, -0.05) is 32.9 Å². The van der Waals surface area contributed by atoms with Crippen LogP contribution in [-0.4, -0.2) is 49.1 Å². The van der Waals surface area contributed by atoms with Crippen molar-refractivity contribution >= 4 is 23.7 Å². The van der Waals surface area contributed by atoms with E-state index in [1.807, 2.05) is 20.8 Å². The molecule has 3 rings (SSSR count). The molecule has 1 unspecified atom stereocenters. The summed E-state index contributed by atoms with van der Waals surface area (Å²) in [7, 11) is 0. The minimum Gasteiger partial charge on any atom is -0.478 e. The molecule has 0 aliphatic heterocycles. The summed E-state index contributed by atoms with van der Waals surface area (Å²) in [6, 6.07) is 12.0. The third-order valence-corrected chi connectivity index (χ3v) is 4.99. The highest BCUT2D eigenvalue weighted by molar-refractivity contribution is 5.94. The predicted octanol–water partition coefficient (Wildman–Crippen LogP) is 4.23. The van der Waals surface area contributed by atoms with Crippen LogP contribution in [0.15, 0.2) is 48.5 Å². The maximum absolute atomic E-state index is 12.5. The molecule has 37 heavy (non-hydrogen) atoms. The zero-order chi connectivity index (χ0) is 27.4. The minimum atomic E-state index is -1.07. The number of aromatic carboxylic acids is 1. The van der Waals surface area contributed by atoms with Crippen LogP contribution in [0, 0.1) is 5.41 Å². The quantitative estimate of drug-likeness (QED) is 0.445. The molecule has 3 N–H and O–H groups in total. The number of hydrogen-bond donors (Lipinski definition) is 3. The molecule has 2 amide bonds. The van der Waals surface area contributed by atoms with Gasteiger partial charge in [-0.3, -0.25) is 4.79 Å². The number of hydrogen-bond acceptors (Lipinski definition) is 8. The van der Waals surface area contributed by atoms with Crippen molar-refractivity contribution in [2.75, 3.05) is 5.32 Å². The molecule has 0 radical (unpaired) electrons. The van der Waals surface area contributed by atoms with E-state index in [0.29, 0.717) is 16.8 Å². The average Bonchev–Trinajstić information content (AvgIpc) is 2.81. The third-order valence-electron chi connectivity index (χ3n) is 4.99. The van der Waals surface area contributed by atoms with Crippen molar-refractivity contribution in [3.05, 3.63) is 65.5 Å². The summed E-state index contributed by atoms with van der Waals surface area (Å²) in [5.41, 5.74) is 0.612. The summed E-state index contributed by atoms with van der Waals surface area (Å²) in [5.74, 6) is -0.846. The van der Waals surface area contributed by atoms with E-state index in [0.717, 1.165) is 0 Å². The van der Waals surface area contributed by atoms with Gasteiger partial charge in [0.25, 0.3) is 0 Å². The molecule has 194 valence electrons. The number of amides is 2. The number of ether oxygens (including phenoxy) is 1. The van der Waals surface area contributed by atoms with Crippen LogP contribution in [-0.2, 0) is 9.53 Å². The lowest BCUT2D eigenvalue weighted by Gasteiger charge is -2.23. The number of rotatable bonds is 6. The van der Waals surface area contributed by atoms with Crippen LogP contribution in [0.2, 0.25) is 0 Å². The number of aromatic nitrogens is 4. The first kappa shape index (κ1) is 27.2. The van der Waals surface area contributed by atoms with Gasteiger partial charge in [0.05, 0.1) is 5.56 Å². The Hall–Kier alpha value is -4.41. The summed E-state index contributed by atoms with van der Waals surface area (Å²) in [5, 5.41) is 31.4. The Morgan fingerprint density at radius 2 is 1.41 bits per heavy atom. The fourth-order valence-corrected chi connectivity index (χ4v) is 3.03. The van der Waals surface area contributed by atoms with Gasteiger partial charge in [-0.05, 0) is 62.7 Å². The number of benzene rings is 2. The van der Waals surface area contributed by atoms with Gasteiger partial charge in [-0.2, -0.15) is 0 Å². The number of carbonyl (C=O) groups is 3.